The van der Waals surface area contributed by atoms with E-state index in [2.05, 4.69) is 13.8 Å². The van der Waals surface area contributed by atoms with Crippen molar-refractivity contribution in [2.45, 2.75) is 52.2 Å². The number of hydrogen-bond acceptors (Lipinski definition) is 4. The van der Waals surface area contributed by atoms with Gasteiger partial charge < -0.3 is 20.5 Å². The van der Waals surface area contributed by atoms with Crippen molar-refractivity contribution in [2.24, 2.45) is 17.6 Å². The zero-order chi connectivity index (χ0) is 15.1. The fraction of sp³-hybridized carbons (Fsp3) is 0.933. The Morgan fingerprint density at radius 1 is 1.40 bits per heavy atom. The van der Waals surface area contributed by atoms with Gasteiger partial charge in [-0.15, -0.1) is 0 Å². The van der Waals surface area contributed by atoms with Crippen LogP contribution in [0.15, 0.2) is 0 Å². The molecule has 5 heteroatoms. The lowest BCUT2D eigenvalue weighted by atomic mass is 9.88. The van der Waals surface area contributed by atoms with E-state index in [0.717, 1.165) is 12.8 Å². The molecule has 0 spiro atoms. The lowest BCUT2D eigenvalue weighted by Gasteiger charge is -2.36. The molecule has 1 heterocycles. The highest BCUT2D eigenvalue weighted by Crippen LogP contribution is 2.21. The summed E-state index contributed by atoms with van der Waals surface area (Å²) < 4.78 is 5.56. The van der Waals surface area contributed by atoms with Gasteiger partial charge in [-0.2, -0.15) is 0 Å². The van der Waals surface area contributed by atoms with E-state index in [0.29, 0.717) is 37.9 Å². The van der Waals surface area contributed by atoms with Crippen LogP contribution in [0.25, 0.3) is 0 Å². The van der Waals surface area contributed by atoms with E-state index >= 15 is 0 Å². The summed E-state index contributed by atoms with van der Waals surface area (Å²) in [6.45, 7) is 8.08. The summed E-state index contributed by atoms with van der Waals surface area (Å²) in [5.74, 6) is 1.23. The Balaban J connectivity index is 2.44. The highest BCUT2D eigenvalue weighted by Gasteiger charge is 2.28. The van der Waals surface area contributed by atoms with Gasteiger partial charge >= 0.3 is 0 Å². The van der Waals surface area contributed by atoms with Crippen molar-refractivity contribution in [3.63, 3.8) is 0 Å². The molecule has 20 heavy (non-hydrogen) atoms. The molecule has 0 aliphatic carbocycles. The van der Waals surface area contributed by atoms with Crippen LogP contribution in [0.4, 0.5) is 0 Å². The molecule has 1 rings (SSSR count). The largest absolute Gasteiger partial charge is 0.394 e. The van der Waals surface area contributed by atoms with Crippen molar-refractivity contribution in [3.8, 4) is 0 Å². The van der Waals surface area contributed by atoms with Crippen LogP contribution in [0.1, 0.15) is 40.0 Å². The maximum absolute atomic E-state index is 12.3. The summed E-state index contributed by atoms with van der Waals surface area (Å²) >= 11 is 0. The van der Waals surface area contributed by atoms with Crippen LogP contribution in [-0.4, -0.2) is 54.4 Å². The second-order valence-electron chi connectivity index (χ2n) is 6.17. The average molecular weight is 286 g/mol. The van der Waals surface area contributed by atoms with E-state index in [1.54, 1.807) is 0 Å². The zero-order valence-electron chi connectivity index (χ0n) is 13.0. The number of nitrogens with zero attached hydrogens (tertiary/aromatic N) is 1. The van der Waals surface area contributed by atoms with Gasteiger partial charge in [0, 0.05) is 19.5 Å². The molecule has 0 aromatic heterocycles. The van der Waals surface area contributed by atoms with Gasteiger partial charge in [0.15, 0.2) is 0 Å². The minimum atomic E-state index is -0.243. The number of aliphatic hydroxyl groups excluding tert-OH is 1. The number of rotatable bonds is 7. The predicted octanol–water partition coefficient (Wildman–Crippen LogP) is 0.996. The van der Waals surface area contributed by atoms with Gasteiger partial charge in [-0.3, -0.25) is 4.79 Å². The number of nitrogens with two attached hydrogens (primary N) is 1. The molecule has 0 aromatic rings. The van der Waals surface area contributed by atoms with Crippen molar-refractivity contribution < 1.29 is 14.6 Å². The summed E-state index contributed by atoms with van der Waals surface area (Å²) in [5.41, 5.74) is 5.63. The van der Waals surface area contributed by atoms with Gasteiger partial charge in [-0.05, 0) is 38.1 Å². The Bertz CT molecular complexity index is 297. The number of amides is 1. The van der Waals surface area contributed by atoms with Gasteiger partial charge in [-0.1, -0.05) is 13.8 Å². The molecule has 1 aliphatic heterocycles. The van der Waals surface area contributed by atoms with Crippen molar-refractivity contribution >= 4 is 5.91 Å². The minimum absolute atomic E-state index is 0.00483. The van der Waals surface area contributed by atoms with E-state index < -0.39 is 0 Å². The van der Waals surface area contributed by atoms with Crippen LogP contribution in [0.3, 0.4) is 0 Å². The Hall–Kier alpha value is -0.650. The number of hydrogen-bond donors (Lipinski definition) is 2. The van der Waals surface area contributed by atoms with Gasteiger partial charge in [0.2, 0.25) is 5.91 Å². The number of morpholine rings is 1. The van der Waals surface area contributed by atoms with Crippen LogP contribution in [-0.2, 0) is 9.53 Å². The average Bonchev–Trinajstić information content (AvgIpc) is 2.41. The molecule has 5 nitrogen and oxygen atoms in total. The number of carbonyl (C=O) groups is 1. The standard InChI is InChI=1S/C15H30N2O3/c1-11(2)13(6-7-16)4-5-15(19)17-8-12(3)20-14(9-17)10-18/h11-14,18H,4-10,16H2,1-3H3. The molecule has 3 unspecified atom stereocenters. The number of aliphatic hydroxyl groups is 1. The highest BCUT2D eigenvalue weighted by atomic mass is 16.5. The van der Waals surface area contributed by atoms with Crippen molar-refractivity contribution in [3.05, 3.63) is 0 Å². The van der Waals surface area contributed by atoms with Crippen LogP contribution in [0.5, 0.6) is 0 Å². The number of ether oxygens (including phenoxy) is 1. The zero-order valence-corrected chi connectivity index (χ0v) is 13.0. The Morgan fingerprint density at radius 2 is 2.10 bits per heavy atom. The fourth-order valence-electron chi connectivity index (χ4n) is 2.84. The summed E-state index contributed by atoms with van der Waals surface area (Å²) in [7, 11) is 0. The highest BCUT2D eigenvalue weighted by molar-refractivity contribution is 5.76. The third-order valence-electron chi connectivity index (χ3n) is 4.09. The van der Waals surface area contributed by atoms with Crippen LogP contribution in [0.2, 0.25) is 0 Å². The molecule has 3 atom stereocenters. The molecule has 118 valence electrons. The van der Waals surface area contributed by atoms with Gasteiger partial charge in [0.1, 0.15) is 0 Å². The molecular weight excluding hydrogens is 256 g/mol. The first kappa shape index (κ1) is 17.4. The van der Waals surface area contributed by atoms with Gasteiger partial charge in [0.25, 0.3) is 0 Å². The third kappa shape index (κ3) is 5.38. The maximum Gasteiger partial charge on any atom is 0.222 e. The summed E-state index contributed by atoms with van der Waals surface area (Å²) in [4.78, 5) is 14.1. The summed E-state index contributed by atoms with van der Waals surface area (Å²) in [6.07, 6.45) is 2.18. The van der Waals surface area contributed by atoms with Crippen molar-refractivity contribution in [1.29, 1.82) is 0 Å². The van der Waals surface area contributed by atoms with E-state index in [1.165, 1.54) is 0 Å². The monoisotopic (exact) mass is 286 g/mol. The van der Waals surface area contributed by atoms with E-state index in [1.807, 2.05) is 11.8 Å². The first-order chi connectivity index (χ1) is 9.47. The Labute approximate surface area is 122 Å². The summed E-state index contributed by atoms with van der Waals surface area (Å²) in [5, 5.41) is 9.19. The molecule has 0 aromatic carbocycles. The SMILES string of the molecule is CC1CN(C(=O)CCC(CCN)C(C)C)CC(CO)O1. The van der Waals surface area contributed by atoms with Crippen LogP contribution >= 0.6 is 0 Å². The number of carbonyl (C=O) groups excluding carboxylic acids is 1. The second kappa shape index (κ2) is 8.60. The minimum Gasteiger partial charge on any atom is -0.394 e. The van der Waals surface area contributed by atoms with Crippen LogP contribution < -0.4 is 5.73 Å². The topological polar surface area (TPSA) is 75.8 Å². The summed E-state index contributed by atoms with van der Waals surface area (Å²) in [6, 6.07) is 0. The van der Waals surface area contributed by atoms with E-state index in [4.69, 9.17) is 10.5 Å². The molecule has 1 fully saturated rings. The quantitative estimate of drug-likeness (QED) is 0.732. The smallest absolute Gasteiger partial charge is 0.222 e. The molecule has 0 radical (unpaired) electrons. The lowest BCUT2D eigenvalue weighted by Crippen LogP contribution is -2.50. The normalized spacial score (nSPS) is 25.0. The predicted molar refractivity (Wildman–Crippen MR) is 79.2 cm³/mol. The molecule has 0 bridgehead atoms. The molecule has 1 amide bonds. The molecule has 1 saturated heterocycles. The maximum atomic E-state index is 12.3. The molecule has 3 N–H and O–H groups in total. The molecular formula is C15H30N2O3. The lowest BCUT2D eigenvalue weighted by molar-refractivity contribution is -0.147. The second-order valence-corrected chi connectivity index (χ2v) is 6.17. The van der Waals surface area contributed by atoms with Crippen molar-refractivity contribution in [1.82, 2.24) is 4.90 Å². The van der Waals surface area contributed by atoms with E-state index in [9.17, 15) is 9.90 Å². The first-order valence-corrected chi connectivity index (χ1v) is 7.72. The first-order valence-electron chi connectivity index (χ1n) is 7.72. The van der Waals surface area contributed by atoms with Gasteiger partial charge in [0.05, 0.1) is 18.8 Å². The molecule has 1 aliphatic rings. The van der Waals surface area contributed by atoms with E-state index in [-0.39, 0.29) is 24.7 Å². The Kier molecular flexibility index (Phi) is 7.48. The van der Waals surface area contributed by atoms with Gasteiger partial charge in [-0.25, -0.2) is 0 Å². The fourth-order valence-corrected chi connectivity index (χ4v) is 2.84. The van der Waals surface area contributed by atoms with Crippen molar-refractivity contribution in [2.75, 3.05) is 26.2 Å². The Morgan fingerprint density at radius 3 is 2.65 bits per heavy atom. The molecule has 0 saturated carbocycles. The third-order valence-corrected chi connectivity index (χ3v) is 4.09. The van der Waals surface area contributed by atoms with Crippen LogP contribution in [0, 0.1) is 11.8 Å².